The maximum absolute atomic E-state index is 12.9. The molecule has 1 aromatic rings. The van der Waals surface area contributed by atoms with Crippen molar-refractivity contribution >= 4 is 5.91 Å². The van der Waals surface area contributed by atoms with E-state index >= 15 is 0 Å². The summed E-state index contributed by atoms with van der Waals surface area (Å²) in [5.41, 5.74) is 0.465. The summed E-state index contributed by atoms with van der Waals surface area (Å²) in [6.45, 7) is 0.808. The molecule has 1 saturated heterocycles. The van der Waals surface area contributed by atoms with Gasteiger partial charge in [-0.3, -0.25) is 4.79 Å². The van der Waals surface area contributed by atoms with Gasteiger partial charge in [-0.25, -0.2) is 0 Å². The molecule has 5 heteroatoms. The van der Waals surface area contributed by atoms with Crippen LogP contribution in [0.4, 0.5) is 0 Å². The molecule has 1 amide bonds. The van der Waals surface area contributed by atoms with Crippen molar-refractivity contribution in [3.8, 4) is 11.5 Å². The molecule has 1 N–H and O–H groups in total. The highest BCUT2D eigenvalue weighted by atomic mass is 16.5. The maximum Gasteiger partial charge on any atom is 0.261 e. The number of rotatable bonds is 5. The van der Waals surface area contributed by atoms with Crippen LogP contribution in [0.2, 0.25) is 0 Å². The molecule has 1 aliphatic rings. The van der Waals surface area contributed by atoms with Gasteiger partial charge in [-0.05, 0) is 37.8 Å². The zero-order valence-electron chi connectivity index (χ0n) is 12.7. The molecule has 1 aromatic carbocycles. The fourth-order valence-corrected chi connectivity index (χ4v) is 2.92. The number of carbonyl (C=O) groups excluding carboxylic acids is 1. The minimum atomic E-state index is -0.0811. The molecule has 21 heavy (non-hydrogen) atoms. The smallest absolute Gasteiger partial charge is 0.261 e. The van der Waals surface area contributed by atoms with E-state index in [4.69, 9.17) is 9.47 Å². The van der Waals surface area contributed by atoms with Crippen molar-refractivity contribution in [3.63, 3.8) is 0 Å². The maximum atomic E-state index is 12.9. The number of ether oxygens (including phenoxy) is 2. The average Bonchev–Trinajstić information content (AvgIpc) is 2.54. The first-order valence-corrected chi connectivity index (χ1v) is 7.35. The predicted molar refractivity (Wildman–Crippen MR) is 79.9 cm³/mol. The monoisotopic (exact) mass is 293 g/mol. The van der Waals surface area contributed by atoms with Gasteiger partial charge in [0.05, 0.1) is 14.2 Å². The van der Waals surface area contributed by atoms with Crippen molar-refractivity contribution in [3.05, 3.63) is 23.8 Å². The van der Waals surface area contributed by atoms with Crippen LogP contribution in [0.1, 0.15) is 36.0 Å². The van der Waals surface area contributed by atoms with E-state index in [1.54, 1.807) is 32.4 Å². The molecule has 0 saturated carbocycles. The standard InChI is InChI=1S/C16H23NO4/c1-20-13-7-5-8-14(21-2)15(13)16(19)17-10-4-3-6-12(17)9-11-18/h5,7-8,12,18H,3-4,6,9-11H2,1-2H3. The van der Waals surface area contributed by atoms with Crippen LogP contribution in [0, 0.1) is 0 Å². The van der Waals surface area contributed by atoms with Gasteiger partial charge >= 0.3 is 0 Å². The van der Waals surface area contributed by atoms with Gasteiger partial charge in [-0.1, -0.05) is 6.07 Å². The summed E-state index contributed by atoms with van der Waals surface area (Å²) in [5, 5.41) is 9.20. The van der Waals surface area contributed by atoms with Crippen LogP contribution in [-0.2, 0) is 0 Å². The quantitative estimate of drug-likeness (QED) is 0.903. The van der Waals surface area contributed by atoms with Gasteiger partial charge in [0.1, 0.15) is 17.1 Å². The second-order valence-corrected chi connectivity index (χ2v) is 5.20. The van der Waals surface area contributed by atoms with E-state index in [1.807, 2.05) is 4.90 Å². The van der Waals surface area contributed by atoms with Crippen LogP contribution >= 0.6 is 0 Å². The van der Waals surface area contributed by atoms with E-state index in [0.717, 1.165) is 19.3 Å². The minimum Gasteiger partial charge on any atom is -0.496 e. The minimum absolute atomic E-state index is 0.0811. The molecule has 1 fully saturated rings. The Bertz CT molecular complexity index is 465. The Labute approximate surface area is 125 Å². The van der Waals surface area contributed by atoms with E-state index in [2.05, 4.69) is 0 Å². The second kappa shape index (κ2) is 7.31. The number of piperidine rings is 1. The Morgan fingerprint density at radius 1 is 1.29 bits per heavy atom. The highest BCUT2D eigenvalue weighted by Gasteiger charge is 2.30. The molecule has 5 nitrogen and oxygen atoms in total. The molecule has 0 radical (unpaired) electrons. The highest BCUT2D eigenvalue weighted by molar-refractivity contribution is 6.00. The Morgan fingerprint density at radius 3 is 2.52 bits per heavy atom. The topological polar surface area (TPSA) is 59.0 Å². The average molecular weight is 293 g/mol. The molecule has 1 unspecified atom stereocenters. The molecule has 1 aliphatic heterocycles. The molecule has 1 heterocycles. The first-order chi connectivity index (χ1) is 10.2. The third-order valence-corrected chi connectivity index (χ3v) is 3.99. The molecular weight excluding hydrogens is 270 g/mol. The number of amides is 1. The van der Waals surface area contributed by atoms with E-state index in [1.165, 1.54) is 0 Å². The summed E-state index contributed by atoms with van der Waals surface area (Å²) in [6.07, 6.45) is 3.63. The van der Waals surface area contributed by atoms with Gasteiger partial charge in [0.2, 0.25) is 0 Å². The molecule has 0 aliphatic carbocycles. The number of aliphatic hydroxyl groups excluding tert-OH is 1. The van der Waals surface area contributed by atoms with Gasteiger partial charge in [0.25, 0.3) is 5.91 Å². The number of nitrogens with zero attached hydrogens (tertiary/aromatic N) is 1. The predicted octanol–water partition coefficient (Wildman–Crippen LogP) is 2.08. The first kappa shape index (κ1) is 15.6. The zero-order chi connectivity index (χ0) is 15.2. The Hall–Kier alpha value is -1.75. The van der Waals surface area contributed by atoms with Crippen molar-refractivity contribution in [1.29, 1.82) is 0 Å². The molecule has 0 spiro atoms. The Morgan fingerprint density at radius 2 is 1.95 bits per heavy atom. The van der Waals surface area contributed by atoms with Crippen molar-refractivity contribution in [2.45, 2.75) is 31.7 Å². The van der Waals surface area contributed by atoms with Crippen LogP contribution < -0.4 is 9.47 Å². The van der Waals surface area contributed by atoms with Crippen molar-refractivity contribution in [2.75, 3.05) is 27.4 Å². The molecular formula is C16H23NO4. The van der Waals surface area contributed by atoms with Gasteiger partial charge in [-0.2, -0.15) is 0 Å². The number of hydrogen-bond donors (Lipinski definition) is 1. The first-order valence-electron chi connectivity index (χ1n) is 7.35. The van der Waals surface area contributed by atoms with Gasteiger partial charge in [0, 0.05) is 19.2 Å². The fraction of sp³-hybridized carbons (Fsp3) is 0.562. The number of hydrogen-bond acceptors (Lipinski definition) is 4. The lowest BCUT2D eigenvalue weighted by Crippen LogP contribution is -2.44. The van der Waals surface area contributed by atoms with Crippen LogP contribution in [-0.4, -0.2) is 49.3 Å². The van der Waals surface area contributed by atoms with Gasteiger partial charge in [-0.15, -0.1) is 0 Å². The molecule has 116 valence electrons. The SMILES string of the molecule is COc1cccc(OC)c1C(=O)N1CCCCC1CCO. The van der Waals surface area contributed by atoms with Gasteiger partial charge < -0.3 is 19.5 Å². The lowest BCUT2D eigenvalue weighted by atomic mass is 9.98. The van der Waals surface area contributed by atoms with Crippen molar-refractivity contribution in [1.82, 2.24) is 4.90 Å². The summed E-state index contributed by atoms with van der Waals surface area (Å²) in [6, 6.07) is 5.42. The lowest BCUT2D eigenvalue weighted by molar-refractivity contribution is 0.0568. The van der Waals surface area contributed by atoms with Crippen LogP contribution in [0.15, 0.2) is 18.2 Å². The van der Waals surface area contributed by atoms with E-state index in [0.29, 0.717) is 30.0 Å². The summed E-state index contributed by atoms with van der Waals surface area (Å²) in [4.78, 5) is 14.8. The number of benzene rings is 1. The van der Waals surface area contributed by atoms with E-state index in [9.17, 15) is 9.90 Å². The number of carbonyl (C=O) groups is 1. The third kappa shape index (κ3) is 3.29. The number of aliphatic hydroxyl groups is 1. The number of likely N-dealkylation sites (tertiary alicyclic amines) is 1. The Balaban J connectivity index is 2.33. The van der Waals surface area contributed by atoms with Crippen molar-refractivity contribution in [2.24, 2.45) is 0 Å². The number of methoxy groups -OCH3 is 2. The fourth-order valence-electron chi connectivity index (χ4n) is 2.92. The van der Waals surface area contributed by atoms with Crippen LogP contribution in [0.5, 0.6) is 11.5 Å². The zero-order valence-corrected chi connectivity index (χ0v) is 12.7. The molecule has 2 rings (SSSR count). The summed E-state index contributed by atoms with van der Waals surface area (Å²) >= 11 is 0. The third-order valence-electron chi connectivity index (χ3n) is 3.99. The van der Waals surface area contributed by atoms with Gasteiger partial charge in [0.15, 0.2) is 0 Å². The van der Waals surface area contributed by atoms with E-state index < -0.39 is 0 Å². The largest absolute Gasteiger partial charge is 0.496 e. The van der Waals surface area contributed by atoms with Crippen molar-refractivity contribution < 1.29 is 19.4 Å². The molecule has 0 bridgehead atoms. The second-order valence-electron chi connectivity index (χ2n) is 5.20. The normalized spacial score (nSPS) is 18.4. The Kier molecular flexibility index (Phi) is 5.44. The summed E-state index contributed by atoms with van der Waals surface area (Å²) in [5.74, 6) is 0.961. The van der Waals surface area contributed by atoms with Crippen LogP contribution in [0.3, 0.4) is 0 Å². The summed E-state index contributed by atoms with van der Waals surface area (Å²) < 4.78 is 10.6. The molecule has 1 atom stereocenters. The summed E-state index contributed by atoms with van der Waals surface area (Å²) in [7, 11) is 3.10. The van der Waals surface area contributed by atoms with E-state index in [-0.39, 0.29) is 18.6 Å². The highest BCUT2D eigenvalue weighted by Crippen LogP contribution is 2.32. The molecule has 0 aromatic heterocycles. The van der Waals surface area contributed by atoms with Crippen LogP contribution in [0.25, 0.3) is 0 Å². The lowest BCUT2D eigenvalue weighted by Gasteiger charge is -2.36.